The molecule has 4 N–H and O–H groups in total. The minimum absolute atomic E-state index is 0.0621. The van der Waals surface area contributed by atoms with Crippen LogP contribution in [-0.2, 0) is 20.7 Å². The zero-order valence-electron chi connectivity index (χ0n) is 10.3. The van der Waals surface area contributed by atoms with E-state index >= 15 is 0 Å². The van der Waals surface area contributed by atoms with Crippen LogP contribution in [0.5, 0.6) is 5.75 Å². The molecule has 1 rings (SSSR count). The second kappa shape index (κ2) is 6.02. The van der Waals surface area contributed by atoms with Gasteiger partial charge in [-0.2, -0.15) is 0 Å². The lowest BCUT2D eigenvalue weighted by Crippen LogP contribution is -2.66. The Balaban J connectivity index is 2.92. The molecule has 0 amide bonds. The molecule has 0 aliphatic rings. The highest BCUT2D eigenvalue weighted by molar-refractivity contribution is 5.92. The monoisotopic (exact) mass is 254 g/mol. The molecule has 0 aliphatic carbocycles. The van der Waals surface area contributed by atoms with Crippen molar-refractivity contribution in [2.75, 3.05) is 14.2 Å². The van der Waals surface area contributed by atoms with Gasteiger partial charge in [0.25, 0.3) is 0 Å². The zero-order valence-corrected chi connectivity index (χ0v) is 10.3. The van der Waals surface area contributed by atoms with Gasteiger partial charge in [0, 0.05) is 6.42 Å². The van der Waals surface area contributed by atoms with E-state index in [1.165, 1.54) is 26.4 Å². The third-order valence-corrected chi connectivity index (χ3v) is 2.48. The summed E-state index contributed by atoms with van der Waals surface area (Å²) in [6, 6.07) is 3.90. The molecule has 1 atom stereocenters. The van der Waals surface area contributed by atoms with Crippen LogP contribution in [0.2, 0.25) is 0 Å². The molecule has 18 heavy (non-hydrogen) atoms. The maximum absolute atomic E-state index is 11.4. The molecule has 1 aromatic rings. The van der Waals surface area contributed by atoms with Crippen molar-refractivity contribution >= 4 is 11.9 Å². The van der Waals surface area contributed by atoms with Gasteiger partial charge in [0.1, 0.15) is 11.3 Å². The van der Waals surface area contributed by atoms with E-state index in [0.29, 0.717) is 12.0 Å². The third-order valence-electron chi connectivity index (χ3n) is 2.48. The number of esters is 2. The maximum atomic E-state index is 11.4. The van der Waals surface area contributed by atoms with Crippen LogP contribution in [0.1, 0.15) is 15.9 Å². The van der Waals surface area contributed by atoms with Crippen LogP contribution in [0.4, 0.5) is 0 Å². The molecular formula is C12H16NO5+. The summed E-state index contributed by atoms with van der Waals surface area (Å²) >= 11 is 0. The van der Waals surface area contributed by atoms with Gasteiger partial charge < -0.3 is 20.3 Å². The number of phenols is 1. The summed E-state index contributed by atoms with van der Waals surface area (Å²) in [6.45, 7) is 0. The Morgan fingerprint density at radius 1 is 1.33 bits per heavy atom. The number of carbonyl (C=O) groups is 2. The topological polar surface area (TPSA) is 100 Å². The first-order valence-corrected chi connectivity index (χ1v) is 5.30. The minimum Gasteiger partial charge on any atom is -0.507 e. The second-order valence-electron chi connectivity index (χ2n) is 3.77. The number of aromatic hydroxyl groups is 1. The Labute approximate surface area is 104 Å². The number of methoxy groups -OCH3 is 2. The van der Waals surface area contributed by atoms with Gasteiger partial charge in [-0.25, -0.2) is 9.59 Å². The van der Waals surface area contributed by atoms with Crippen molar-refractivity contribution in [2.45, 2.75) is 12.5 Å². The van der Waals surface area contributed by atoms with Crippen molar-refractivity contribution in [1.29, 1.82) is 0 Å². The van der Waals surface area contributed by atoms with Gasteiger partial charge >= 0.3 is 11.9 Å². The predicted octanol–water partition coefficient (Wildman–Crippen LogP) is -0.495. The Bertz CT molecular complexity index is 458. The number of hydrogen-bond acceptors (Lipinski definition) is 5. The molecule has 0 spiro atoms. The zero-order chi connectivity index (χ0) is 13.7. The van der Waals surface area contributed by atoms with Gasteiger partial charge in [-0.05, 0) is 17.7 Å². The molecule has 0 aliphatic heterocycles. The fraction of sp³-hybridized carbons (Fsp3) is 0.333. The van der Waals surface area contributed by atoms with Crippen molar-refractivity contribution in [3.05, 3.63) is 29.3 Å². The van der Waals surface area contributed by atoms with E-state index < -0.39 is 18.0 Å². The lowest BCUT2D eigenvalue weighted by molar-refractivity contribution is -0.407. The molecule has 1 aromatic carbocycles. The Morgan fingerprint density at radius 2 is 2.00 bits per heavy atom. The lowest BCUT2D eigenvalue weighted by Gasteiger charge is -2.08. The molecule has 0 radical (unpaired) electrons. The average molecular weight is 254 g/mol. The average Bonchev–Trinajstić information content (AvgIpc) is 2.38. The normalized spacial score (nSPS) is 11.7. The number of quaternary nitrogens is 1. The number of ether oxygens (including phenoxy) is 2. The van der Waals surface area contributed by atoms with Crippen molar-refractivity contribution in [2.24, 2.45) is 0 Å². The summed E-state index contributed by atoms with van der Waals surface area (Å²) in [4.78, 5) is 22.6. The van der Waals surface area contributed by atoms with Crippen LogP contribution in [0.25, 0.3) is 0 Å². The van der Waals surface area contributed by atoms with E-state index in [0.717, 1.165) is 0 Å². The number of rotatable bonds is 4. The van der Waals surface area contributed by atoms with Crippen LogP contribution in [-0.4, -0.2) is 37.3 Å². The van der Waals surface area contributed by atoms with Crippen molar-refractivity contribution in [3.63, 3.8) is 0 Å². The van der Waals surface area contributed by atoms with Gasteiger partial charge in [-0.1, -0.05) is 6.07 Å². The number of carbonyl (C=O) groups excluding carboxylic acids is 2. The standard InChI is InChI=1S/C12H15NO5/c1-17-11(15)8-5-7(3-4-10(8)14)6-9(13)12(16)18-2/h3-5,9,14H,6,13H2,1-2H3/p+1. The Morgan fingerprint density at radius 3 is 2.56 bits per heavy atom. The van der Waals surface area contributed by atoms with E-state index in [1.807, 2.05) is 0 Å². The van der Waals surface area contributed by atoms with Gasteiger partial charge in [0.2, 0.25) is 0 Å². The molecule has 6 nitrogen and oxygen atoms in total. The second-order valence-corrected chi connectivity index (χ2v) is 3.77. The van der Waals surface area contributed by atoms with E-state index in [-0.39, 0.29) is 11.3 Å². The molecule has 98 valence electrons. The van der Waals surface area contributed by atoms with Crippen LogP contribution in [0, 0.1) is 0 Å². The molecule has 0 saturated carbocycles. The van der Waals surface area contributed by atoms with Gasteiger partial charge in [-0.3, -0.25) is 0 Å². The molecule has 0 bridgehead atoms. The summed E-state index contributed by atoms with van der Waals surface area (Å²) in [5.41, 5.74) is 4.42. The summed E-state index contributed by atoms with van der Waals surface area (Å²) in [6.07, 6.45) is 0.316. The highest BCUT2D eigenvalue weighted by atomic mass is 16.5. The number of benzene rings is 1. The first-order chi connectivity index (χ1) is 8.49. The predicted molar refractivity (Wildman–Crippen MR) is 61.8 cm³/mol. The first kappa shape index (κ1) is 14.0. The SMILES string of the molecule is COC(=O)c1cc(CC([NH3+])C(=O)OC)ccc1O. The largest absolute Gasteiger partial charge is 0.507 e. The molecule has 6 heteroatoms. The summed E-state index contributed by atoms with van der Waals surface area (Å²) < 4.78 is 9.10. The van der Waals surface area contributed by atoms with Crippen molar-refractivity contribution < 1.29 is 29.9 Å². The van der Waals surface area contributed by atoms with Crippen molar-refractivity contribution in [1.82, 2.24) is 0 Å². The van der Waals surface area contributed by atoms with E-state index in [4.69, 9.17) is 0 Å². The smallest absolute Gasteiger partial charge is 0.364 e. The number of phenolic OH excluding ortho intramolecular Hbond substituents is 1. The van der Waals surface area contributed by atoms with Gasteiger partial charge in [-0.15, -0.1) is 0 Å². The molecule has 0 aromatic heterocycles. The van der Waals surface area contributed by atoms with E-state index in [2.05, 4.69) is 15.2 Å². The molecular weight excluding hydrogens is 238 g/mol. The minimum atomic E-state index is -0.631. The Hall–Kier alpha value is -2.08. The summed E-state index contributed by atoms with van der Waals surface area (Å²) in [5.74, 6) is -1.22. The highest BCUT2D eigenvalue weighted by Crippen LogP contribution is 2.20. The quantitative estimate of drug-likeness (QED) is 0.706. The van der Waals surface area contributed by atoms with Gasteiger partial charge in [0.15, 0.2) is 6.04 Å². The van der Waals surface area contributed by atoms with Gasteiger partial charge in [0.05, 0.1) is 14.2 Å². The first-order valence-electron chi connectivity index (χ1n) is 5.30. The molecule has 0 saturated heterocycles. The van der Waals surface area contributed by atoms with E-state index in [9.17, 15) is 14.7 Å². The summed E-state index contributed by atoms with van der Waals surface area (Å²) in [7, 11) is 2.52. The molecule has 0 fully saturated rings. The number of hydrogen-bond donors (Lipinski definition) is 2. The Kier molecular flexibility index (Phi) is 4.67. The third kappa shape index (κ3) is 3.21. The van der Waals surface area contributed by atoms with Crippen LogP contribution < -0.4 is 5.73 Å². The fourth-order valence-electron chi connectivity index (χ4n) is 1.52. The van der Waals surface area contributed by atoms with E-state index in [1.54, 1.807) is 6.07 Å². The van der Waals surface area contributed by atoms with Crippen molar-refractivity contribution in [3.8, 4) is 5.75 Å². The molecule has 0 heterocycles. The lowest BCUT2D eigenvalue weighted by atomic mass is 10.0. The fourth-order valence-corrected chi connectivity index (χ4v) is 1.52. The maximum Gasteiger partial charge on any atom is 0.364 e. The van der Waals surface area contributed by atoms with Crippen LogP contribution in [0.3, 0.4) is 0 Å². The highest BCUT2D eigenvalue weighted by Gasteiger charge is 2.20. The van der Waals surface area contributed by atoms with Crippen LogP contribution in [0.15, 0.2) is 18.2 Å². The van der Waals surface area contributed by atoms with Crippen LogP contribution >= 0.6 is 0 Å². The molecule has 1 unspecified atom stereocenters. The summed E-state index contributed by atoms with van der Waals surface area (Å²) in [5, 5.41) is 9.52.